The van der Waals surface area contributed by atoms with Crippen molar-refractivity contribution in [3.63, 3.8) is 0 Å². The lowest BCUT2D eigenvalue weighted by Gasteiger charge is -2.22. The van der Waals surface area contributed by atoms with E-state index in [9.17, 15) is 24.6 Å². The number of phenols is 1. The second-order valence-electron chi connectivity index (χ2n) is 11.5. The molecule has 12 heteroatoms. The van der Waals surface area contributed by atoms with Crippen LogP contribution in [0, 0.1) is 13.8 Å². The van der Waals surface area contributed by atoms with E-state index in [4.69, 9.17) is 9.26 Å². The summed E-state index contributed by atoms with van der Waals surface area (Å²) in [6, 6.07) is 10.9. The molecule has 0 saturated carbocycles. The Kier molecular flexibility index (Phi) is 11.5. The molecule has 0 spiro atoms. The van der Waals surface area contributed by atoms with E-state index in [1.807, 2.05) is 30.3 Å². The normalized spacial score (nSPS) is 12.7. The SMILES string of the molecule is Cc1cc(O)cc(C)c1CC(NC(=O)O)C(=O)NC(CCCCNC(=O)OC(C)(C)C)c1nc(Cc2ccccc2)no1. The lowest BCUT2D eigenvalue weighted by molar-refractivity contribution is -0.124. The Morgan fingerprint density at radius 3 is 2.33 bits per heavy atom. The van der Waals surface area contributed by atoms with Gasteiger partial charge in [-0.2, -0.15) is 4.98 Å². The lowest BCUT2D eigenvalue weighted by Crippen LogP contribution is -2.48. The van der Waals surface area contributed by atoms with E-state index < -0.39 is 35.8 Å². The highest BCUT2D eigenvalue weighted by Gasteiger charge is 2.28. The highest BCUT2D eigenvalue weighted by atomic mass is 16.6. The molecule has 0 bridgehead atoms. The van der Waals surface area contributed by atoms with E-state index in [-0.39, 0.29) is 18.1 Å². The van der Waals surface area contributed by atoms with Crippen LogP contribution in [-0.4, -0.2) is 56.6 Å². The quantitative estimate of drug-likeness (QED) is 0.175. The van der Waals surface area contributed by atoms with Gasteiger partial charge in [0, 0.05) is 19.4 Å². The Hall–Kier alpha value is -4.61. The van der Waals surface area contributed by atoms with Crippen molar-refractivity contribution in [3.8, 4) is 5.75 Å². The molecule has 0 radical (unpaired) electrons. The molecule has 3 amide bonds. The highest BCUT2D eigenvalue weighted by molar-refractivity contribution is 5.86. The number of amides is 3. The first-order valence-electron chi connectivity index (χ1n) is 14.2. The van der Waals surface area contributed by atoms with Crippen LogP contribution in [0.1, 0.15) is 80.0 Å². The summed E-state index contributed by atoms with van der Waals surface area (Å²) >= 11 is 0. The third-order valence-corrected chi connectivity index (χ3v) is 6.59. The number of aromatic nitrogens is 2. The molecule has 2 unspecified atom stereocenters. The zero-order valence-electron chi connectivity index (χ0n) is 25.3. The van der Waals surface area contributed by atoms with Crippen LogP contribution in [0.5, 0.6) is 5.75 Å². The molecule has 2 atom stereocenters. The number of rotatable bonds is 13. The number of hydrogen-bond donors (Lipinski definition) is 5. The summed E-state index contributed by atoms with van der Waals surface area (Å²) in [7, 11) is 0. The summed E-state index contributed by atoms with van der Waals surface area (Å²) in [5.74, 6) is 0.178. The van der Waals surface area contributed by atoms with Gasteiger partial charge < -0.3 is 35.4 Å². The van der Waals surface area contributed by atoms with Gasteiger partial charge in [0.15, 0.2) is 5.82 Å². The number of hydrogen-bond acceptors (Lipinski definition) is 8. The molecule has 232 valence electrons. The monoisotopic (exact) mass is 595 g/mol. The molecule has 0 aliphatic carbocycles. The van der Waals surface area contributed by atoms with Crippen LogP contribution in [0.15, 0.2) is 47.0 Å². The number of ether oxygens (including phenoxy) is 1. The first kappa shape index (κ1) is 32.9. The average Bonchev–Trinajstić information content (AvgIpc) is 3.36. The highest BCUT2D eigenvalue weighted by Crippen LogP contribution is 2.23. The molecule has 1 heterocycles. The Labute approximate surface area is 251 Å². The third-order valence-electron chi connectivity index (χ3n) is 6.59. The van der Waals surface area contributed by atoms with Gasteiger partial charge in [0.1, 0.15) is 23.4 Å². The largest absolute Gasteiger partial charge is 0.508 e. The van der Waals surface area contributed by atoms with Crippen molar-refractivity contribution in [1.29, 1.82) is 0 Å². The Balaban J connectivity index is 1.74. The summed E-state index contributed by atoms with van der Waals surface area (Å²) in [6.07, 6.45) is 0.207. The minimum absolute atomic E-state index is 0.0751. The number of carbonyl (C=O) groups is 3. The van der Waals surface area contributed by atoms with Gasteiger partial charge in [0.25, 0.3) is 0 Å². The van der Waals surface area contributed by atoms with Crippen LogP contribution in [-0.2, 0) is 22.4 Å². The summed E-state index contributed by atoms with van der Waals surface area (Å²) in [5.41, 5.74) is 2.61. The van der Waals surface area contributed by atoms with Gasteiger partial charge in [-0.05, 0) is 88.3 Å². The van der Waals surface area contributed by atoms with Crippen LogP contribution in [0.25, 0.3) is 0 Å². The maximum absolute atomic E-state index is 13.5. The standard InChI is InChI=1S/C31H41N5O7/c1-19-15-22(37)16-20(2)23(19)18-25(34-29(39)40)27(38)33-24(13-9-10-14-32-30(41)42-31(3,4)5)28-35-26(36-43-28)17-21-11-7-6-8-12-21/h6-8,11-12,15-16,24-25,34,37H,9-10,13-14,17-18H2,1-5H3,(H,32,41)(H,33,38)(H,39,40). The smallest absolute Gasteiger partial charge is 0.407 e. The van der Waals surface area contributed by atoms with Crippen molar-refractivity contribution < 1.29 is 33.9 Å². The Bertz CT molecular complexity index is 1360. The van der Waals surface area contributed by atoms with Gasteiger partial charge in [-0.25, -0.2) is 9.59 Å². The minimum atomic E-state index is -1.35. The molecule has 3 rings (SSSR count). The number of carboxylic acid groups (broad SMARTS) is 1. The van der Waals surface area contributed by atoms with Gasteiger partial charge >= 0.3 is 12.2 Å². The number of nitrogens with zero attached hydrogens (tertiary/aromatic N) is 2. The van der Waals surface area contributed by atoms with Crippen molar-refractivity contribution in [2.75, 3.05) is 6.54 Å². The van der Waals surface area contributed by atoms with Gasteiger partial charge in [-0.1, -0.05) is 35.5 Å². The predicted molar refractivity (Wildman–Crippen MR) is 159 cm³/mol. The number of phenolic OH excluding ortho intramolecular Hbond substituents is 1. The van der Waals surface area contributed by atoms with E-state index >= 15 is 0 Å². The van der Waals surface area contributed by atoms with Gasteiger partial charge in [-0.3, -0.25) is 4.79 Å². The molecule has 0 aliphatic heterocycles. The van der Waals surface area contributed by atoms with Crippen molar-refractivity contribution in [1.82, 2.24) is 26.1 Å². The molecule has 12 nitrogen and oxygen atoms in total. The second kappa shape index (κ2) is 15.0. The van der Waals surface area contributed by atoms with Crippen molar-refractivity contribution in [3.05, 3.63) is 76.4 Å². The molecule has 43 heavy (non-hydrogen) atoms. The number of benzene rings is 2. The van der Waals surface area contributed by atoms with Crippen LogP contribution in [0.3, 0.4) is 0 Å². The number of aryl methyl sites for hydroxylation is 2. The topological polar surface area (TPSA) is 176 Å². The summed E-state index contributed by atoms with van der Waals surface area (Å²) in [6.45, 7) is 9.30. The van der Waals surface area contributed by atoms with Crippen LogP contribution in [0.2, 0.25) is 0 Å². The molecule has 3 aromatic rings. The van der Waals surface area contributed by atoms with Crippen LogP contribution >= 0.6 is 0 Å². The minimum Gasteiger partial charge on any atom is -0.508 e. The van der Waals surface area contributed by atoms with E-state index in [0.29, 0.717) is 38.1 Å². The van der Waals surface area contributed by atoms with E-state index in [1.54, 1.807) is 46.8 Å². The predicted octanol–water partition coefficient (Wildman–Crippen LogP) is 4.71. The maximum Gasteiger partial charge on any atom is 0.407 e. The molecule has 1 aromatic heterocycles. The molecule has 5 N–H and O–H groups in total. The fourth-order valence-corrected chi connectivity index (χ4v) is 4.62. The number of aromatic hydroxyl groups is 1. The molecular weight excluding hydrogens is 554 g/mol. The summed E-state index contributed by atoms with van der Waals surface area (Å²) in [4.78, 5) is 41.6. The van der Waals surface area contributed by atoms with Gasteiger partial charge in [0.2, 0.25) is 11.8 Å². The van der Waals surface area contributed by atoms with Crippen molar-refractivity contribution >= 4 is 18.1 Å². The van der Waals surface area contributed by atoms with E-state index in [1.165, 1.54) is 0 Å². The first-order chi connectivity index (χ1) is 20.3. The number of unbranched alkanes of at least 4 members (excludes halogenated alkanes) is 1. The number of alkyl carbamates (subject to hydrolysis) is 1. The van der Waals surface area contributed by atoms with Crippen molar-refractivity contribution in [2.45, 2.75) is 84.4 Å². The van der Waals surface area contributed by atoms with Crippen LogP contribution in [0.4, 0.5) is 9.59 Å². The third kappa shape index (κ3) is 11.0. The van der Waals surface area contributed by atoms with Crippen LogP contribution < -0.4 is 16.0 Å². The van der Waals surface area contributed by atoms with Gasteiger partial charge in [0.05, 0.1) is 0 Å². The summed E-state index contributed by atoms with van der Waals surface area (Å²) < 4.78 is 10.8. The fourth-order valence-electron chi connectivity index (χ4n) is 4.62. The zero-order chi connectivity index (χ0) is 31.6. The lowest BCUT2D eigenvalue weighted by atomic mass is 9.95. The van der Waals surface area contributed by atoms with Gasteiger partial charge in [-0.15, -0.1) is 0 Å². The summed E-state index contributed by atoms with van der Waals surface area (Å²) in [5, 5.41) is 31.4. The molecular formula is C31H41N5O7. The fraction of sp³-hybridized carbons (Fsp3) is 0.452. The Morgan fingerprint density at radius 1 is 1.02 bits per heavy atom. The number of nitrogens with one attached hydrogen (secondary N) is 3. The molecule has 0 saturated heterocycles. The molecule has 0 fully saturated rings. The Morgan fingerprint density at radius 2 is 1.70 bits per heavy atom. The molecule has 2 aromatic carbocycles. The van der Waals surface area contributed by atoms with E-state index in [0.717, 1.165) is 22.3 Å². The molecule has 0 aliphatic rings. The number of carbonyl (C=O) groups excluding carboxylic acids is 2. The first-order valence-corrected chi connectivity index (χ1v) is 14.2. The van der Waals surface area contributed by atoms with E-state index in [2.05, 4.69) is 26.1 Å². The second-order valence-corrected chi connectivity index (χ2v) is 11.5. The maximum atomic E-state index is 13.5. The zero-order valence-corrected chi connectivity index (χ0v) is 25.3. The average molecular weight is 596 g/mol. The van der Waals surface area contributed by atoms with Crippen molar-refractivity contribution in [2.24, 2.45) is 0 Å².